The van der Waals surface area contributed by atoms with E-state index < -0.39 is 0 Å². The van der Waals surface area contributed by atoms with Gasteiger partial charge in [-0.3, -0.25) is 5.10 Å². The maximum absolute atomic E-state index is 4.23. The van der Waals surface area contributed by atoms with Crippen LogP contribution in [0.5, 0.6) is 0 Å². The summed E-state index contributed by atoms with van der Waals surface area (Å²) in [5.41, 5.74) is 3.70. The standard InChI is InChI=1S/C13H23N3/c1-10-13(11(2)16-15-10)9-14-12-7-5-3-4-6-8-12/h12,14H,3-9H2,1-2H3,(H,15,16). The van der Waals surface area contributed by atoms with Crippen molar-refractivity contribution in [3.05, 3.63) is 17.0 Å². The van der Waals surface area contributed by atoms with Crippen molar-refractivity contribution in [2.45, 2.75) is 65.0 Å². The smallest absolute Gasteiger partial charge is 0.0638 e. The van der Waals surface area contributed by atoms with Gasteiger partial charge in [-0.05, 0) is 26.7 Å². The molecule has 2 N–H and O–H groups in total. The highest BCUT2D eigenvalue weighted by atomic mass is 15.1. The van der Waals surface area contributed by atoms with Gasteiger partial charge in [-0.2, -0.15) is 5.10 Å². The molecule has 1 aromatic rings. The van der Waals surface area contributed by atoms with Gasteiger partial charge in [0, 0.05) is 23.8 Å². The van der Waals surface area contributed by atoms with Gasteiger partial charge in [-0.25, -0.2) is 0 Å². The number of aromatic amines is 1. The van der Waals surface area contributed by atoms with Gasteiger partial charge < -0.3 is 5.32 Å². The Balaban J connectivity index is 1.86. The first kappa shape index (κ1) is 11.6. The molecular formula is C13H23N3. The van der Waals surface area contributed by atoms with Gasteiger partial charge in [0.25, 0.3) is 0 Å². The van der Waals surface area contributed by atoms with Gasteiger partial charge in [-0.15, -0.1) is 0 Å². The van der Waals surface area contributed by atoms with Crippen LogP contribution in [-0.2, 0) is 6.54 Å². The maximum Gasteiger partial charge on any atom is 0.0638 e. The van der Waals surface area contributed by atoms with Gasteiger partial charge in [0.15, 0.2) is 0 Å². The first-order valence-electron chi connectivity index (χ1n) is 6.51. The number of nitrogens with zero attached hydrogens (tertiary/aromatic N) is 1. The lowest BCUT2D eigenvalue weighted by Crippen LogP contribution is -2.28. The van der Waals surface area contributed by atoms with Crippen molar-refractivity contribution in [1.82, 2.24) is 15.5 Å². The van der Waals surface area contributed by atoms with Crippen LogP contribution in [0.2, 0.25) is 0 Å². The minimum absolute atomic E-state index is 0.719. The zero-order valence-electron chi connectivity index (χ0n) is 10.5. The molecular weight excluding hydrogens is 198 g/mol. The Morgan fingerprint density at radius 2 is 1.88 bits per heavy atom. The predicted octanol–water partition coefficient (Wildman–Crippen LogP) is 2.84. The fourth-order valence-corrected chi connectivity index (χ4v) is 2.56. The Hall–Kier alpha value is -0.830. The van der Waals surface area contributed by atoms with Crippen molar-refractivity contribution in [2.75, 3.05) is 0 Å². The van der Waals surface area contributed by atoms with Crippen molar-refractivity contribution in [3.63, 3.8) is 0 Å². The third kappa shape index (κ3) is 2.85. The van der Waals surface area contributed by atoms with Crippen LogP contribution in [0.3, 0.4) is 0 Å². The van der Waals surface area contributed by atoms with Crippen molar-refractivity contribution < 1.29 is 0 Å². The van der Waals surface area contributed by atoms with Crippen LogP contribution in [-0.4, -0.2) is 16.2 Å². The molecule has 0 radical (unpaired) electrons. The average Bonchev–Trinajstić information content (AvgIpc) is 2.51. The first-order valence-corrected chi connectivity index (χ1v) is 6.51. The number of aryl methyl sites for hydroxylation is 2. The molecule has 0 saturated heterocycles. The molecule has 16 heavy (non-hydrogen) atoms. The summed E-state index contributed by atoms with van der Waals surface area (Å²) in [6, 6.07) is 0.719. The molecule has 1 aliphatic carbocycles. The predicted molar refractivity (Wildman–Crippen MR) is 66.4 cm³/mol. The second kappa shape index (κ2) is 5.48. The highest BCUT2D eigenvalue weighted by Gasteiger charge is 2.13. The fraction of sp³-hybridized carbons (Fsp3) is 0.769. The van der Waals surface area contributed by atoms with Crippen LogP contribution in [0, 0.1) is 13.8 Å². The Morgan fingerprint density at radius 3 is 2.44 bits per heavy atom. The lowest BCUT2D eigenvalue weighted by molar-refractivity contribution is 0.458. The van der Waals surface area contributed by atoms with E-state index in [9.17, 15) is 0 Å². The van der Waals surface area contributed by atoms with E-state index in [1.807, 2.05) is 0 Å². The molecule has 90 valence electrons. The molecule has 0 aromatic carbocycles. The third-order valence-electron chi connectivity index (χ3n) is 3.70. The van der Waals surface area contributed by atoms with Crippen LogP contribution >= 0.6 is 0 Å². The Labute approximate surface area is 98.0 Å². The van der Waals surface area contributed by atoms with Crippen LogP contribution in [0.15, 0.2) is 0 Å². The molecule has 1 saturated carbocycles. The summed E-state index contributed by atoms with van der Waals surface area (Å²) in [4.78, 5) is 0. The minimum Gasteiger partial charge on any atom is -0.310 e. The summed E-state index contributed by atoms with van der Waals surface area (Å²) < 4.78 is 0. The average molecular weight is 221 g/mol. The SMILES string of the molecule is Cc1n[nH]c(C)c1CNC1CCCCCC1. The molecule has 0 atom stereocenters. The number of hydrogen-bond acceptors (Lipinski definition) is 2. The fourth-order valence-electron chi connectivity index (χ4n) is 2.56. The van der Waals surface area contributed by atoms with Crippen molar-refractivity contribution >= 4 is 0 Å². The van der Waals surface area contributed by atoms with Gasteiger partial charge >= 0.3 is 0 Å². The van der Waals surface area contributed by atoms with E-state index in [4.69, 9.17) is 0 Å². The van der Waals surface area contributed by atoms with Crippen molar-refractivity contribution in [3.8, 4) is 0 Å². The molecule has 0 aliphatic heterocycles. The monoisotopic (exact) mass is 221 g/mol. The first-order chi connectivity index (χ1) is 7.77. The summed E-state index contributed by atoms with van der Waals surface area (Å²) in [6.07, 6.45) is 8.30. The van der Waals surface area contributed by atoms with Gasteiger partial charge in [0.05, 0.1) is 5.69 Å². The largest absolute Gasteiger partial charge is 0.310 e. The van der Waals surface area contributed by atoms with E-state index in [2.05, 4.69) is 29.4 Å². The number of nitrogens with one attached hydrogen (secondary N) is 2. The highest BCUT2D eigenvalue weighted by molar-refractivity contribution is 5.22. The van der Waals surface area contributed by atoms with E-state index in [1.165, 1.54) is 49.8 Å². The van der Waals surface area contributed by atoms with Crippen molar-refractivity contribution in [2.24, 2.45) is 0 Å². The summed E-state index contributed by atoms with van der Waals surface area (Å²) in [5.74, 6) is 0. The molecule has 0 amide bonds. The molecule has 1 heterocycles. The molecule has 1 aromatic heterocycles. The van der Waals surface area contributed by atoms with Gasteiger partial charge in [0.2, 0.25) is 0 Å². The quantitative estimate of drug-likeness (QED) is 0.771. The number of H-pyrrole nitrogens is 1. The maximum atomic E-state index is 4.23. The molecule has 2 rings (SSSR count). The minimum atomic E-state index is 0.719. The molecule has 0 unspecified atom stereocenters. The lowest BCUT2D eigenvalue weighted by Gasteiger charge is -2.16. The van der Waals surface area contributed by atoms with Gasteiger partial charge in [0.1, 0.15) is 0 Å². The summed E-state index contributed by atoms with van der Waals surface area (Å²) >= 11 is 0. The van der Waals surface area contributed by atoms with E-state index >= 15 is 0 Å². The summed E-state index contributed by atoms with van der Waals surface area (Å²) in [7, 11) is 0. The third-order valence-corrected chi connectivity index (χ3v) is 3.70. The second-order valence-corrected chi connectivity index (χ2v) is 4.98. The number of hydrogen-bond donors (Lipinski definition) is 2. The van der Waals surface area contributed by atoms with Gasteiger partial charge in [-0.1, -0.05) is 25.7 Å². The number of rotatable bonds is 3. The molecule has 0 spiro atoms. The van der Waals surface area contributed by atoms with Crippen LogP contribution in [0.1, 0.15) is 55.5 Å². The molecule has 3 heteroatoms. The van der Waals surface area contributed by atoms with Crippen LogP contribution < -0.4 is 5.32 Å². The molecule has 0 bridgehead atoms. The topological polar surface area (TPSA) is 40.7 Å². The summed E-state index contributed by atoms with van der Waals surface area (Å²) in [5, 5.41) is 11.0. The Bertz CT molecular complexity index is 302. The molecule has 3 nitrogen and oxygen atoms in total. The Morgan fingerprint density at radius 1 is 1.19 bits per heavy atom. The van der Waals surface area contributed by atoms with E-state index in [1.54, 1.807) is 0 Å². The van der Waals surface area contributed by atoms with Crippen molar-refractivity contribution in [1.29, 1.82) is 0 Å². The zero-order valence-corrected chi connectivity index (χ0v) is 10.5. The normalized spacial score (nSPS) is 18.6. The molecule has 1 aliphatic rings. The zero-order chi connectivity index (χ0) is 11.4. The summed E-state index contributed by atoms with van der Waals surface area (Å²) in [6.45, 7) is 5.15. The second-order valence-electron chi connectivity index (χ2n) is 4.98. The Kier molecular flexibility index (Phi) is 3.99. The highest BCUT2D eigenvalue weighted by Crippen LogP contribution is 2.18. The van der Waals surface area contributed by atoms with Crippen LogP contribution in [0.4, 0.5) is 0 Å². The lowest BCUT2D eigenvalue weighted by atomic mass is 10.1. The van der Waals surface area contributed by atoms with E-state index in [0.717, 1.165) is 18.3 Å². The van der Waals surface area contributed by atoms with Crippen LogP contribution in [0.25, 0.3) is 0 Å². The van der Waals surface area contributed by atoms with E-state index in [0.29, 0.717) is 0 Å². The molecule has 1 fully saturated rings. The van der Waals surface area contributed by atoms with E-state index in [-0.39, 0.29) is 0 Å². The number of aromatic nitrogens is 2.